The molecule has 1 heterocycles. The molecule has 1 amide bonds. The number of amides is 1. The number of carbonyl (C=O) groups is 4. The highest BCUT2D eigenvalue weighted by atomic mass is 16.3. The molecule has 0 radical (unpaired) electrons. The normalized spacial score (nSPS) is 22.5. The van der Waals surface area contributed by atoms with Crippen molar-refractivity contribution < 1.29 is 39.6 Å². The topological polar surface area (TPSA) is 191 Å². The molecule has 11 heteroatoms. The van der Waals surface area contributed by atoms with Gasteiger partial charge in [0, 0.05) is 23.5 Å². The van der Waals surface area contributed by atoms with Crippen molar-refractivity contribution in [2.24, 2.45) is 5.73 Å². The van der Waals surface area contributed by atoms with Crippen LogP contribution in [0.15, 0.2) is 59.7 Å². The molecule has 6 N–H and O–H groups in total. The van der Waals surface area contributed by atoms with E-state index in [1.165, 1.54) is 12.1 Å². The van der Waals surface area contributed by atoms with Crippen LogP contribution in [0.5, 0.6) is 5.75 Å². The molecular weight excluding hydrogens is 506 g/mol. The highest BCUT2D eigenvalue weighted by molar-refractivity contribution is 6.21. The fraction of sp³-hybridized carbons (Fsp3) is 0.321. The van der Waals surface area contributed by atoms with Crippen LogP contribution in [0.2, 0.25) is 0 Å². The third-order valence-corrected chi connectivity index (χ3v) is 6.56. The minimum Gasteiger partial charge on any atom is -0.510 e. The number of hydrogen-bond donors (Lipinski definition) is 5. The van der Waals surface area contributed by atoms with Gasteiger partial charge in [-0.05, 0) is 63.2 Å². The van der Waals surface area contributed by atoms with Crippen LogP contribution < -0.4 is 5.73 Å². The SMILES string of the molecule is CN(C)[C@H]1CCCCc2c(C(=O)Cc3ccccn3)ccc(O)c2C(=O)/C=C(\O)[C@H](O)C(=O)/C(C(N)=O)=C\1O. The van der Waals surface area contributed by atoms with E-state index >= 15 is 0 Å². The summed E-state index contributed by atoms with van der Waals surface area (Å²) in [6.07, 6.45) is 0.828. The van der Waals surface area contributed by atoms with E-state index in [0.717, 1.165) is 0 Å². The number of allylic oxidation sites excluding steroid dienone is 1. The number of likely N-dealkylation sites (N-methyl/N-ethyl adjacent to an activating group) is 1. The van der Waals surface area contributed by atoms with E-state index in [4.69, 9.17) is 5.73 Å². The molecule has 1 aromatic heterocycles. The molecule has 206 valence electrons. The van der Waals surface area contributed by atoms with E-state index < -0.39 is 52.5 Å². The first-order chi connectivity index (χ1) is 18.4. The van der Waals surface area contributed by atoms with Gasteiger partial charge in [-0.2, -0.15) is 0 Å². The molecule has 1 aliphatic rings. The lowest BCUT2D eigenvalue weighted by atomic mass is 9.88. The lowest BCUT2D eigenvalue weighted by molar-refractivity contribution is -0.126. The zero-order valence-electron chi connectivity index (χ0n) is 21.6. The summed E-state index contributed by atoms with van der Waals surface area (Å²) in [6.45, 7) is 0. The van der Waals surface area contributed by atoms with Crippen LogP contribution in [-0.2, 0) is 22.4 Å². The highest BCUT2D eigenvalue weighted by Gasteiger charge is 2.34. The number of phenolic OH excluding ortho intramolecular Hbond substituents is 1. The summed E-state index contributed by atoms with van der Waals surface area (Å²) < 4.78 is 0. The Bertz CT molecular complexity index is 1350. The summed E-state index contributed by atoms with van der Waals surface area (Å²) in [7, 11) is 3.22. The molecule has 11 nitrogen and oxygen atoms in total. The lowest BCUT2D eigenvalue weighted by Crippen LogP contribution is -2.37. The van der Waals surface area contributed by atoms with Crippen molar-refractivity contribution in [1.29, 1.82) is 0 Å². The van der Waals surface area contributed by atoms with E-state index in [2.05, 4.69) is 4.98 Å². The van der Waals surface area contributed by atoms with Gasteiger partial charge in [-0.1, -0.05) is 12.5 Å². The van der Waals surface area contributed by atoms with E-state index in [1.54, 1.807) is 43.4 Å². The summed E-state index contributed by atoms with van der Waals surface area (Å²) in [5.41, 5.74) is 5.10. The Morgan fingerprint density at radius 1 is 1.08 bits per heavy atom. The van der Waals surface area contributed by atoms with Crippen LogP contribution in [0.4, 0.5) is 0 Å². The maximum Gasteiger partial charge on any atom is 0.255 e. The van der Waals surface area contributed by atoms with Crippen molar-refractivity contribution in [3.8, 4) is 5.75 Å². The molecule has 39 heavy (non-hydrogen) atoms. The molecule has 1 aromatic carbocycles. The van der Waals surface area contributed by atoms with Crippen molar-refractivity contribution in [1.82, 2.24) is 9.88 Å². The summed E-state index contributed by atoms with van der Waals surface area (Å²) in [4.78, 5) is 57.1. The van der Waals surface area contributed by atoms with Crippen molar-refractivity contribution in [3.63, 3.8) is 0 Å². The molecule has 0 fully saturated rings. The molecule has 1 aliphatic carbocycles. The number of phenols is 1. The van der Waals surface area contributed by atoms with Crippen LogP contribution in [0.25, 0.3) is 0 Å². The van der Waals surface area contributed by atoms with Gasteiger partial charge in [0.15, 0.2) is 17.7 Å². The molecule has 3 rings (SSSR count). The fourth-order valence-electron chi connectivity index (χ4n) is 4.57. The molecule has 2 aromatic rings. The quantitative estimate of drug-likeness (QED) is 0.277. The Kier molecular flexibility index (Phi) is 9.33. The molecule has 2 atom stereocenters. The predicted octanol–water partition coefficient (Wildman–Crippen LogP) is 1.72. The number of pyridine rings is 1. The van der Waals surface area contributed by atoms with Crippen molar-refractivity contribution in [2.45, 2.75) is 44.2 Å². The molecule has 0 spiro atoms. The smallest absolute Gasteiger partial charge is 0.255 e. The third-order valence-electron chi connectivity index (χ3n) is 6.56. The Balaban J connectivity index is 2.14. The van der Waals surface area contributed by atoms with Crippen LogP contribution in [0.3, 0.4) is 0 Å². The van der Waals surface area contributed by atoms with Crippen molar-refractivity contribution in [2.75, 3.05) is 14.1 Å². The third kappa shape index (κ3) is 6.57. The molecule has 0 bridgehead atoms. The number of aromatic nitrogens is 1. The average Bonchev–Trinajstić information content (AvgIpc) is 2.87. The average molecular weight is 538 g/mol. The molecule has 0 unspecified atom stereocenters. The number of rotatable bonds is 5. The number of benzene rings is 1. The zero-order valence-corrected chi connectivity index (χ0v) is 21.6. The number of aliphatic hydroxyl groups is 3. The number of nitrogens with two attached hydrogens (primary N) is 1. The summed E-state index contributed by atoms with van der Waals surface area (Å²) >= 11 is 0. The van der Waals surface area contributed by atoms with Gasteiger partial charge in [-0.3, -0.25) is 29.1 Å². The highest BCUT2D eigenvalue weighted by Crippen LogP contribution is 2.30. The standard InChI is InChI=1S/C28H31N3O8/c1-31(2)18-9-4-3-8-17-16(20(33)13-15-7-5-6-12-30-15)10-11-19(32)23(17)21(34)14-22(35)26(37)27(38)24(25(18)36)28(29)39/h5-7,10-12,14,18,26,32,35-37H,3-4,8-9,13H2,1-2H3,(H2,29,39)/b22-14-,25-24-/t18-,26-/m0/s1. The minimum absolute atomic E-state index is 0.0577. The van der Waals surface area contributed by atoms with Crippen LogP contribution >= 0.6 is 0 Å². The number of primary amides is 1. The van der Waals surface area contributed by atoms with Crippen molar-refractivity contribution in [3.05, 3.63) is 82.1 Å². The van der Waals surface area contributed by atoms with E-state index in [-0.39, 0.29) is 41.7 Å². The Hall–Kier alpha value is -4.35. The van der Waals surface area contributed by atoms with Crippen LogP contribution in [0.1, 0.15) is 51.2 Å². The molecular formula is C28H31N3O8. The van der Waals surface area contributed by atoms with Gasteiger partial charge in [-0.15, -0.1) is 0 Å². The Morgan fingerprint density at radius 2 is 1.79 bits per heavy atom. The summed E-state index contributed by atoms with van der Waals surface area (Å²) in [5.74, 6) is -6.29. The minimum atomic E-state index is -2.40. The monoisotopic (exact) mass is 537 g/mol. The van der Waals surface area contributed by atoms with E-state index in [9.17, 15) is 39.6 Å². The summed E-state index contributed by atoms with van der Waals surface area (Å²) in [6, 6.07) is 6.89. The molecule has 0 aliphatic heterocycles. The number of Topliss-reactive ketones (excluding diaryl/α,β-unsaturated/α-hetero) is 2. The Morgan fingerprint density at radius 3 is 2.41 bits per heavy atom. The van der Waals surface area contributed by atoms with Gasteiger partial charge in [0.05, 0.1) is 18.0 Å². The molecule has 0 saturated carbocycles. The number of aliphatic hydroxyl groups excluding tert-OH is 3. The van der Waals surface area contributed by atoms with Gasteiger partial charge in [-0.25, -0.2) is 0 Å². The number of ketones is 3. The van der Waals surface area contributed by atoms with Crippen molar-refractivity contribution >= 4 is 23.3 Å². The second-order valence-corrected chi connectivity index (χ2v) is 9.46. The number of fused-ring (bicyclic) bond motifs is 1. The van der Waals surface area contributed by atoms with Gasteiger partial charge < -0.3 is 26.2 Å². The van der Waals surface area contributed by atoms with Gasteiger partial charge >= 0.3 is 0 Å². The maximum absolute atomic E-state index is 13.3. The van der Waals surface area contributed by atoms with Gasteiger partial charge in [0.1, 0.15) is 22.8 Å². The first kappa shape index (κ1) is 29.2. The lowest BCUT2D eigenvalue weighted by Gasteiger charge is -2.26. The number of carbonyl (C=O) groups excluding carboxylic acids is 4. The van der Waals surface area contributed by atoms with E-state index in [0.29, 0.717) is 24.6 Å². The first-order valence-corrected chi connectivity index (χ1v) is 12.3. The fourth-order valence-corrected chi connectivity index (χ4v) is 4.57. The second kappa shape index (κ2) is 12.5. The summed E-state index contributed by atoms with van der Waals surface area (Å²) in [5, 5.41) is 42.3. The largest absolute Gasteiger partial charge is 0.510 e. The van der Waals surface area contributed by atoms with E-state index in [1.807, 2.05) is 0 Å². The second-order valence-electron chi connectivity index (χ2n) is 9.46. The predicted molar refractivity (Wildman–Crippen MR) is 140 cm³/mol. The number of aromatic hydroxyl groups is 1. The van der Waals surface area contributed by atoms with Crippen LogP contribution in [0, 0.1) is 0 Å². The van der Waals surface area contributed by atoms with Gasteiger partial charge in [0.25, 0.3) is 5.91 Å². The molecule has 0 saturated heterocycles. The zero-order chi connectivity index (χ0) is 28.9. The number of nitrogens with zero attached hydrogens (tertiary/aromatic N) is 2. The Labute approximate surface area is 224 Å². The maximum atomic E-state index is 13.3. The number of hydrogen-bond acceptors (Lipinski definition) is 10. The van der Waals surface area contributed by atoms with Crippen LogP contribution in [-0.4, -0.2) is 79.8 Å². The van der Waals surface area contributed by atoms with Gasteiger partial charge in [0.2, 0.25) is 5.78 Å². The first-order valence-electron chi connectivity index (χ1n) is 12.3.